The van der Waals surface area contributed by atoms with Crippen molar-refractivity contribution in [1.29, 1.82) is 0 Å². The average Bonchev–Trinajstić information content (AvgIpc) is 2.21. The number of hydrogen-bond donors (Lipinski definition) is 2. The number of phenols is 1. The third-order valence-electron chi connectivity index (χ3n) is 2.42. The maximum atomic E-state index is 9.89. The van der Waals surface area contributed by atoms with E-state index in [0.717, 1.165) is 12.0 Å². The highest BCUT2D eigenvalue weighted by Crippen LogP contribution is 2.38. The molecule has 0 radical (unpaired) electrons. The smallest absolute Gasteiger partial charge is 0.162 e. The number of hydrogen-bond acceptors (Lipinski definition) is 3. The summed E-state index contributed by atoms with van der Waals surface area (Å²) in [6, 6.07) is 3.34. The fourth-order valence-corrected chi connectivity index (χ4v) is 1.75. The van der Waals surface area contributed by atoms with Crippen LogP contribution in [0.1, 0.15) is 24.8 Å². The summed E-state index contributed by atoms with van der Waals surface area (Å²) >= 11 is 5.92. The summed E-state index contributed by atoms with van der Waals surface area (Å²) in [5.41, 5.74) is 6.26. The van der Waals surface area contributed by atoms with Crippen LogP contribution >= 0.6 is 11.6 Å². The second-order valence-electron chi connectivity index (χ2n) is 3.52. The number of benzene rings is 1. The van der Waals surface area contributed by atoms with E-state index >= 15 is 0 Å². The fourth-order valence-electron chi connectivity index (χ4n) is 1.53. The molecule has 0 saturated heterocycles. The first-order chi connectivity index (χ1) is 7.10. The summed E-state index contributed by atoms with van der Waals surface area (Å²) in [7, 11) is 1.50. The van der Waals surface area contributed by atoms with Gasteiger partial charge in [0.25, 0.3) is 0 Å². The second kappa shape index (κ2) is 5.24. The highest BCUT2D eigenvalue weighted by Gasteiger charge is 2.15. The third-order valence-corrected chi connectivity index (χ3v) is 2.64. The van der Waals surface area contributed by atoms with Crippen molar-refractivity contribution >= 4 is 11.6 Å². The molecule has 0 amide bonds. The van der Waals surface area contributed by atoms with Gasteiger partial charge in [-0.15, -0.1) is 0 Å². The normalized spacial score (nSPS) is 12.5. The van der Waals surface area contributed by atoms with Crippen LogP contribution in [0.15, 0.2) is 12.1 Å². The number of nitrogens with two attached hydrogens (primary N) is 1. The SMILES string of the molecule is COc1cc(Cl)cc(C(C)CCN)c1O. The Labute approximate surface area is 94.8 Å². The molecule has 4 heteroatoms. The minimum Gasteiger partial charge on any atom is -0.504 e. The van der Waals surface area contributed by atoms with Crippen LogP contribution in [0.2, 0.25) is 5.02 Å². The Morgan fingerprint density at radius 2 is 2.20 bits per heavy atom. The summed E-state index contributed by atoms with van der Waals surface area (Å²) in [6.45, 7) is 2.58. The maximum Gasteiger partial charge on any atom is 0.162 e. The molecule has 0 aliphatic heterocycles. The predicted octanol–water partition coefficient (Wildman–Crippen LogP) is 2.51. The van der Waals surface area contributed by atoms with Gasteiger partial charge in [0.1, 0.15) is 0 Å². The van der Waals surface area contributed by atoms with E-state index < -0.39 is 0 Å². The van der Waals surface area contributed by atoms with E-state index in [4.69, 9.17) is 22.1 Å². The number of phenolic OH excluding ortho intramolecular Hbond substituents is 1. The topological polar surface area (TPSA) is 55.5 Å². The molecule has 0 aromatic heterocycles. The summed E-state index contributed by atoms with van der Waals surface area (Å²) < 4.78 is 5.03. The lowest BCUT2D eigenvalue weighted by Gasteiger charge is -2.15. The molecule has 1 aromatic rings. The third kappa shape index (κ3) is 2.76. The molecule has 15 heavy (non-hydrogen) atoms. The van der Waals surface area contributed by atoms with Gasteiger partial charge in [0, 0.05) is 16.7 Å². The molecule has 0 aliphatic rings. The first kappa shape index (κ1) is 12.1. The van der Waals surface area contributed by atoms with Crippen molar-refractivity contribution in [3.8, 4) is 11.5 Å². The molecular weight excluding hydrogens is 214 g/mol. The van der Waals surface area contributed by atoms with E-state index in [2.05, 4.69) is 0 Å². The van der Waals surface area contributed by atoms with Crippen molar-refractivity contribution in [2.24, 2.45) is 5.73 Å². The van der Waals surface area contributed by atoms with E-state index in [1.165, 1.54) is 7.11 Å². The Kier molecular flexibility index (Phi) is 4.24. The molecule has 0 spiro atoms. The lowest BCUT2D eigenvalue weighted by molar-refractivity contribution is 0.368. The van der Waals surface area contributed by atoms with Crippen molar-refractivity contribution in [2.75, 3.05) is 13.7 Å². The lowest BCUT2D eigenvalue weighted by Crippen LogP contribution is -2.05. The standard InChI is InChI=1S/C11H16ClNO2/c1-7(3-4-13)9-5-8(12)6-10(15-2)11(9)14/h5-7,14H,3-4,13H2,1-2H3. The molecule has 84 valence electrons. The molecule has 0 aliphatic carbocycles. The van der Waals surface area contributed by atoms with E-state index in [9.17, 15) is 5.11 Å². The molecule has 3 N–H and O–H groups in total. The van der Waals surface area contributed by atoms with E-state index in [0.29, 0.717) is 17.3 Å². The zero-order valence-corrected chi connectivity index (χ0v) is 9.71. The van der Waals surface area contributed by atoms with Crippen LogP contribution in [0.25, 0.3) is 0 Å². The molecule has 1 aromatic carbocycles. The Morgan fingerprint density at radius 1 is 1.53 bits per heavy atom. The number of rotatable bonds is 4. The predicted molar refractivity (Wildman–Crippen MR) is 61.8 cm³/mol. The molecular formula is C11H16ClNO2. The Morgan fingerprint density at radius 3 is 2.73 bits per heavy atom. The molecule has 0 fully saturated rings. The van der Waals surface area contributed by atoms with Crippen LogP contribution < -0.4 is 10.5 Å². The summed E-state index contributed by atoms with van der Waals surface area (Å²) in [5, 5.41) is 10.4. The molecule has 0 saturated carbocycles. The highest BCUT2D eigenvalue weighted by atomic mass is 35.5. The van der Waals surface area contributed by atoms with Gasteiger partial charge < -0.3 is 15.6 Å². The zero-order valence-electron chi connectivity index (χ0n) is 8.96. The van der Waals surface area contributed by atoms with Gasteiger partial charge in [-0.25, -0.2) is 0 Å². The van der Waals surface area contributed by atoms with Crippen molar-refractivity contribution in [2.45, 2.75) is 19.3 Å². The molecule has 1 unspecified atom stereocenters. The maximum absolute atomic E-state index is 9.89. The Balaban J connectivity index is 3.11. The van der Waals surface area contributed by atoms with E-state index in [-0.39, 0.29) is 11.7 Å². The van der Waals surface area contributed by atoms with Gasteiger partial charge in [-0.3, -0.25) is 0 Å². The van der Waals surface area contributed by atoms with Gasteiger partial charge >= 0.3 is 0 Å². The number of methoxy groups -OCH3 is 1. The fraction of sp³-hybridized carbons (Fsp3) is 0.455. The number of halogens is 1. The average molecular weight is 230 g/mol. The van der Waals surface area contributed by atoms with Crippen molar-refractivity contribution in [3.63, 3.8) is 0 Å². The molecule has 3 nitrogen and oxygen atoms in total. The highest BCUT2D eigenvalue weighted by molar-refractivity contribution is 6.30. The van der Waals surface area contributed by atoms with Crippen molar-refractivity contribution in [1.82, 2.24) is 0 Å². The first-order valence-corrected chi connectivity index (χ1v) is 5.24. The lowest BCUT2D eigenvalue weighted by atomic mass is 9.96. The monoisotopic (exact) mass is 229 g/mol. The first-order valence-electron chi connectivity index (χ1n) is 4.86. The van der Waals surface area contributed by atoms with Gasteiger partial charge in [-0.2, -0.15) is 0 Å². The van der Waals surface area contributed by atoms with E-state index in [1.54, 1.807) is 12.1 Å². The zero-order chi connectivity index (χ0) is 11.4. The van der Waals surface area contributed by atoms with E-state index in [1.807, 2.05) is 6.92 Å². The van der Waals surface area contributed by atoms with Crippen molar-refractivity contribution < 1.29 is 9.84 Å². The summed E-state index contributed by atoms with van der Waals surface area (Å²) in [4.78, 5) is 0. The Hall–Kier alpha value is -0.930. The number of ether oxygens (including phenoxy) is 1. The molecule has 0 bridgehead atoms. The molecule has 1 atom stereocenters. The Bertz CT molecular complexity index is 342. The largest absolute Gasteiger partial charge is 0.504 e. The van der Waals surface area contributed by atoms with Crippen LogP contribution in [0.5, 0.6) is 11.5 Å². The second-order valence-corrected chi connectivity index (χ2v) is 3.96. The summed E-state index contributed by atoms with van der Waals surface area (Å²) in [6.07, 6.45) is 0.803. The minimum absolute atomic E-state index is 0.155. The van der Waals surface area contributed by atoms with Crippen LogP contribution in [0.4, 0.5) is 0 Å². The molecule has 1 rings (SSSR count). The van der Waals surface area contributed by atoms with Crippen LogP contribution in [0.3, 0.4) is 0 Å². The van der Waals surface area contributed by atoms with Gasteiger partial charge in [-0.05, 0) is 24.9 Å². The van der Waals surface area contributed by atoms with Crippen molar-refractivity contribution in [3.05, 3.63) is 22.7 Å². The van der Waals surface area contributed by atoms with Gasteiger partial charge in [0.2, 0.25) is 0 Å². The van der Waals surface area contributed by atoms with Gasteiger partial charge in [0.15, 0.2) is 11.5 Å². The van der Waals surface area contributed by atoms with Crippen LogP contribution in [0, 0.1) is 0 Å². The minimum atomic E-state index is 0.155. The number of aromatic hydroxyl groups is 1. The summed E-state index contributed by atoms with van der Waals surface area (Å²) in [5.74, 6) is 0.729. The molecule has 0 heterocycles. The van der Waals surface area contributed by atoms with Gasteiger partial charge in [0.05, 0.1) is 7.11 Å². The van der Waals surface area contributed by atoms with Gasteiger partial charge in [-0.1, -0.05) is 18.5 Å². The van der Waals surface area contributed by atoms with Crippen LogP contribution in [-0.4, -0.2) is 18.8 Å². The quantitative estimate of drug-likeness (QED) is 0.834. The van der Waals surface area contributed by atoms with Crippen LogP contribution in [-0.2, 0) is 0 Å².